The van der Waals surface area contributed by atoms with Crippen LogP contribution in [-0.2, 0) is 9.53 Å². The van der Waals surface area contributed by atoms with Crippen LogP contribution in [0.3, 0.4) is 0 Å². The van der Waals surface area contributed by atoms with E-state index in [-0.39, 0.29) is 5.60 Å². The van der Waals surface area contributed by atoms with Crippen LogP contribution in [0.2, 0.25) is 0 Å². The topological polar surface area (TPSA) is 46.5 Å². The van der Waals surface area contributed by atoms with Crippen molar-refractivity contribution in [2.75, 3.05) is 7.11 Å². The summed E-state index contributed by atoms with van der Waals surface area (Å²) in [6.07, 6.45) is 1.27. The Morgan fingerprint density at radius 3 is 2.39 bits per heavy atom. The van der Waals surface area contributed by atoms with Crippen LogP contribution in [0.5, 0.6) is 0 Å². The molecule has 1 rings (SSSR count). The number of hydrogen-bond acceptors (Lipinski definition) is 2. The van der Waals surface area contributed by atoms with Crippen molar-refractivity contribution in [3.05, 3.63) is 34.3 Å². The highest BCUT2D eigenvalue weighted by molar-refractivity contribution is 9.10. The first-order valence-corrected chi connectivity index (χ1v) is 6.68. The molecule has 0 aromatic heterocycles. The molecule has 100 valence electrons. The minimum atomic E-state index is -0.788. The molecule has 1 unspecified atom stereocenters. The van der Waals surface area contributed by atoms with Crippen LogP contribution >= 0.6 is 15.9 Å². The van der Waals surface area contributed by atoms with Crippen molar-refractivity contribution in [2.24, 2.45) is 0 Å². The number of rotatable bonds is 6. The van der Waals surface area contributed by atoms with Gasteiger partial charge in [0.1, 0.15) is 0 Å². The summed E-state index contributed by atoms with van der Waals surface area (Å²) in [4.78, 5) is 11.3. The molecule has 0 amide bonds. The summed E-state index contributed by atoms with van der Waals surface area (Å²) in [6, 6.07) is 7.44. The molecule has 0 fully saturated rings. The fourth-order valence-electron chi connectivity index (χ4n) is 1.72. The minimum Gasteiger partial charge on any atom is -0.481 e. The third-order valence-electron chi connectivity index (χ3n) is 3.16. The van der Waals surface area contributed by atoms with E-state index in [1.54, 1.807) is 7.11 Å². The van der Waals surface area contributed by atoms with Crippen LogP contribution in [0.1, 0.15) is 38.2 Å². The predicted octanol–water partition coefficient (Wildman–Crippen LogP) is 3.82. The van der Waals surface area contributed by atoms with E-state index < -0.39 is 11.9 Å². The number of hydrogen-bond donors (Lipinski definition) is 1. The molecule has 0 bridgehead atoms. The monoisotopic (exact) mass is 314 g/mol. The van der Waals surface area contributed by atoms with Gasteiger partial charge < -0.3 is 9.84 Å². The van der Waals surface area contributed by atoms with Crippen LogP contribution in [0.25, 0.3) is 0 Å². The summed E-state index contributed by atoms with van der Waals surface area (Å²) in [7, 11) is 1.65. The average Bonchev–Trinajstić information content (AvgIpc) is 2.31. The second-order valence-electron chi connectivity index (χ2n) is 4.94. The van der Waals surface area contributed by atoms with E-state index in [0.29, 0.717) is 12.8 Å². The molecule has 0 saturated carbocycles. The second-order valence-corrected chi connectivity index (χ2v) is 5.86. The Morgan fingerprint density at radius 1 is 1.39 bits per heavy atom. The molecule has 0 heterocycles. The molecule has 1 N–H and O–H groups in total. The van der Waals surface area contributed by atoms with E-state index in [4.69, 9.17) is 4.74 Å². The van der Waals surface area contributed by atoms with Crippen molar-refractivity contribution < 1.29 is 14.6 Å². The molecule has 4 heteroatoms. The number of methoxy groups -OCH3 is 1. The maximum atomic E-state index is 11.3. The maximum absolute atomic E-state index is 11.3. The molecular formula is C14H19BrO3. The Morgan fingerprint density at radius 2 is 1.94 bits per heavy atom. The fraction of sp³-hybridized carbons (Fsp3) is 0.500. The molecule has 0 aliphatic carbocycles. The van der Waals surface area contributed by atoms with Gasteiger partial charge in [-0.25, -0.2) is 0 Å². The Balaban J connectivity index is 2.78. The minimum absolute atomic E-state index is 0.289. The standard InChI is InChI=1S/C14H19BrO3/c1-14(2,18-3)9-8-12(13(16)17)10-4-6-11(15)7-5-10/h4-7,12H,8-9H2,1-3H3,(H,16,17). The van der Waals surface area contributed by atoms with Gasteiger partial charge in [0.15, 0.2) is 0 Å². The average molecular weight is 315 g/mol. The molecule has 0 aliphatic heterocycles. The summed E-state index contributed by atoms with van der Waals surface area (Å²) in [5.41, 5.74) is 0.542. The lowest BCUT2D eigenvalue weighted by Gasteiger charge is -2.24. The third kappa shape index (κ3) is 4.42. The highest BCUT2D eigenvalue weighted by atomic mass is 79.9. The van der Waals surface area contributed by atoms with E-state index in [2.05, 4.69) is 15.9 Å². The van der Waals surface area contributed by atoms with Gasteiger partial charge in [0.25, 0.3) is 0 Å². The quantitative estimate of drug-likeness (QED) is 0.868. The van der Waals surface area contributed by atoms with Crippen LogP contribution in [0.15, 0.2) is 28.7 Å². The van der Waals surface area contributed by atoms with E-state index in [1.165, 1.54) is 0 Å². The molecule has 0 spiro atoms. The summed E-state index contributed by atoms with van der Waals surface area (Å²) >= 11 is 3.35. The van der Waals surface area contributed by atoms with Crippen molar-refractivity contribution in [3.63, 3.8) is 0 Å². The lowest BCUT2D eigenvalue weighted by atomic mass is 9.90. The van der Waals surface area contributed by atoms with Gasteiger partial charge in [-0.2, -0.15) is 0 Å². The number of carbonyl (C=O) groups is 1. The smallest absolute Gasteiger partial charge is 0.310 e. The maximum Gasteiger partial charge on any atom is 0.310 e. The first-order chi connectivity index (χ1) is 8.35. The zero-order chi connectivity index (χ0) is 13.8. The molecule has 0 saturated heterocycles. The first kappa shape index (κ1) is 15.2. The van der Waals surface area contributed by atoms with Crippen molar-refractivity contribution >= 4 is 21.9 Å². The molecule has 1 aromatic rings. The van der Waals surface area contributed by atoms with Crippen LogP contribution < -0.4 is 0 Å². The highest BCUT2D eigenvalue weighted by Gasteiger charge is 2.24. The fourth-order valence-corrected chi connectivity index (χ4v) is 1.99. The normalized spacial score (nSPS) is 13.3. The highest BCUT2D eigenvalue weighted by Crippen LogP contribution is 2.27. The molecule has 1 atom stereocenters. The van der Waals surface area contributed by atoms with Crippen molar-refractivity contribution in [2.45, 2.75) is 38.2 Å². The number of benzene rings is 1. The van der Waals surface area contributed by atoms with Gasteiger partial charge in [0, 0.05) is 11.6 Å². The van der Waals surface area contributed by atoms with Gasteiger partial charge in [-0.3, -0.25) is 4.79 Å². The van der Waals surface area contributed by atoms with Crippen molar-refractivity contribution in [3.8, 4) is 0 Å². The van der Waals surface area contributed by atoms with E-state index in [9.17, 15) is 9.90 Å². The SMILES string of the molecule is COC(C)(C)CCC(C(=O)O)c1ccc(Br)cc1. The van der Waals surface area contributed by atoms with Gasteiger partial charge in [-0.05, 0) is 44.4 Å². The number of carboxylic acids is 1. The van der Waals surface area contributed by atoms with Crippen LogP contribution in [0.4, 0.5) is 0 Å². The Labute approximate surface area is 116 Å². The van der Waals surface area contributed by atoms with Crippen molar-refractivity contribution in [1.82, 2.24) is 0 Å². The lowest BCUT2D eigenvalue weighted by Crippen LogP contribution is -2.24. The predicted molar refractivity (Wildman–Crippen MR) is 74.8 cm³/mol. The zero-order valence-corrected chi connectivity index (χ0v) is 12.5. The third-order valence-corrected chi connectivity index (χ3v) is 3.69. The van der Waals surface area contributed by atoms with E-state index in [0.717, 1.165) is 10.0 Å². The van der Waals surface area contributed by atoms with E-state index in [1.807, 2.05) is 38.1 Å². The van der Waals surface area contributed by atoms with Gasteiger partial charge >= 0.3 is 5.97 Å². The molecular weight excluding hydrogens is 296 g/mol. The molecule has 3 nitrogen and oxygen atoms in total. The summed E-state index contributed by atoms with van der Waals surface area (Å²) in [5.74, 6) is -1.27. The lowest BCUT2D eigenvalue weighted by molar-refractivity contribution is -0.139. The van der Waals surface area contributed by atoms with Gasteiger partial charge in [0.05, 0.1) is 11.5 Å². The molecule has 0 aliphatic rings. The number of carboxylic acid groups (broad SMARTS) is 1. The van der Waals surface area contributed by atoms with Gasteiger partial charge in [-0.15, -0.1) is 0 Å². The zero-order valence-electron chi connectivity index (χ0n) is 10.9. The van der Waals surface area contributed by atoms with E-state index >= 15 is 0 Å². The van der Waals surface area contributed by atoms with Crippen molar-refractivity contribution in [1.29, 1.82) is 0 Å². The molecule has 1 aromatic carbocycles. The Hall–Kier alpha value is -0.870. The van der Waals surface area contributed by atoms with Gasteiger partial charge in [0.2, 0.25) is 0 Å². The Kier molecular flexibility index (Phi) is 5.35. The molecule has 0 radical (unpaired) electrons. The summed E-state index contributed by atoms with van der Waals surface area (Å²) in [6.45, 7) is 3.93. The summed E-state index contributed by atoms with van der Waals surface area (Å²) < 4.78 is 6.27. The molecule has 18 heavy (non-hydrogen) atoms. The van der Waals surface area contributed by atoms with Crippen LogP contribution in [-0.4, -0.2) is 23.8 Å². The number of ether oxygens (including phenoxy) is 1. The second kappa shape index (κ2) is 6.34. The number of aliphatic carboxylic acids is 1. The summed E-state index contributed by atoms with van der Waals surface area (Å²) in [5, 5.41) is 9.31. The Bertz CT molecular complexity index is 398. The first-order valence-electron chi connectivity index (χ1n) is 5.89. The number of halogens is 1. The largest absolute Gasteiger partial charge is 0.481 e. The van der Waals surface area contributed by atoms with Crippen LogP contribution in [0, 0.1) is 0 Å². The van der Waals surface area contributed by atoms with Gasteiger partial charge in [-0.1, -0.05) is 28.1 Å².